The average Bonchev–Trinajstić information content (AvgIpc) is 1.61. The molecule has 0 aliphatic carbocycles. The van der Waals surface area contributed by atoms with Gasteiger partial charge in [-0.1, -0.05) is 19.9 Å². The van der Waals surface area contributed by atoms with E-state index in [1.165, 1.54) is 5.92 Å². The third kappa shape index (κ3) is 5.54. The van der Waals surface area contributed by atoms with Crippen LogP contribution in [-0.2, 0) is 0 Å². The van der Waals surface area contributed by atoms with Crippen LogP contribution in [0.4, 0.5) is 0 Å². The van der Waals surface area contributed by atoms with Crippen molar-refractivity contribution in [1.29, 1.82) is 0 Å². The zero-order chi connectivity index (χ0) is 5.70. The molecular weight excluding hydrogens is 86.1 g/mol. The maximum absolute atomic E-state index is 2.90. The molecule has 0 aliphatic rings. The molecule has 0 spiro atoms. The van der Waals surface area contributed by atoms with Crippen LogP contribution in [0.3, 0.4) is 0 Å². The Hall–Kier alpha value is -0.460. The second-order valence-corrected chi connectivity index (χ2v) is 1.70. The van der Waals surface area contributed by atoms with Crippen LogP contribution in [0.15, 0.2) is 12.3 Å². The van der Waals surface area contributed by atoms with Crippen molar-refractivity contribution in [2.45, 2.75) is 13.8 Å². The van der Waals surface area contributed by atoms with Gasteiger partial charge in [0.15, 0.2) is 0 Å². The molecule has 1 heteroatoms. The largest absolute Gasteiger partial charge is 0.394 e. The number of allylic oxidation sites excluding steroid dienone is 1. The van der Waals surface area contributed by atoms with Crippen molar-refractivity contribution in [3.8, 4) is 0 Å². The van der Waals surface area contributed by atoms with Gasteiger partial charge in [-0.05, 0) is 12.1 Å². The SMILES string of the molecule is CNC=C[C](C)C. The Kier molecular flexibility index (Phi) is 3.48. The molecule has 0 bridgehead atoms. The number of hydrogen-bond donors (Lipinski definition) is 1. The quantitative estimate of drug-likeness (QED) is 0.549. The molecule has 0 unspecified atom stereocenters. The minimum Gasteiger partial charge on any atom is -0.394 e. The standard InChI is InChI=1S/C6H12N/c1-6(2)4-5-7-3/h4-5,7H,1-3H3. The van der Waals surface area contributed by atoms with E-state index in [2.05, 4.69) is 19.2 Å². The topological polar surface area (TPSA) is 12.0 Å². The van der Waals surface area contributed by atoms with E-state index in [-0.39, 0.29) is 0 Å². The van der Waals surface area contributed by atoms with Crippen molar-refractivity contribution < 1.29 is 0 Å². The third-order valence-electron chi connectivity index (χ3n) is 0.583. The van der Waals surface area contributed by atoms with Gasteiger partial charge >= 0.3 is 0 Å². The molecule has 0 saturated carbocycles. The number of rotatable bonds is 2. The van der Waals surface area contributed by atoms with Crippen LogP contribution in [0.5, 0.6) is 0 Å². The molecule has 0 aromatic heterocycles. The van der Waals surface area contributed by atoms with Crippen molar-refractivity contribution in [1.82, 2.24) is 5.32 Å². The van der Waals surface area contributed by atoms with E-state index < -0.39 is 0 Å². The van der Waals surface area contributed by atoms with Crippen molar-refractivity contribution in [3.05, 3.63) is 18.2 Å². The van der Waals surface area contributed by atoms with Crippen LogP contribution >= 0.6 is 0 Å². The molecule has 41 valence electrons. The van der Waals surface area contributed by atoms with Crippen LogP contribution in [-0.4, -0.2) is 7.05 Å². The first kappa shape index (κ1) is 6.54. The first-order valence-electron chi connectivity index (χ1n) is 2.41. The van der Waals surface area contributed by atoms with Gasteiger partial charge in [0, 0.05) is 7.05 Å². The molecule has 0 aromatic carbocycles. The molecule has 0 atom stereocenters. The number of nitrogens with one attached hydrogen (secondary N) is 1. The van der Waals surface area contributed by atoms with Gasteiger partial charge in [0.25, 0.3) is 0 Å². The minimum atomic E-state index is 1.31. The lowest BCUT2D eigenvalue weighted by molar-refractivity contribution is 1.08. The van der Waals surface area contributed by atoms with Crippen molar-refractivity contribution in [2.75, 3.05) is 7.05 Å². The summed E-state index contributed by atoms with van der Waals surface area (Å²) in [4.78, 5) is 0. The highest BCUT2D eigenvalue weighted by atomic mass is 14.8. The third-order valence-corrected chi connectivity index (χ3v) is 0.583. The number of hydrogen-bond acceptors (Lipinski definition) is 1. The molecule has 0 rings (SSSR count). The first-order chi connectivity index (χ1) is 3.27. The predicted octanol–water partition coefficient (Wildman–Crippen LogP) is 1.33. The normalized spacial score (nSPS) is 10.9. The lowest BCUT2D eigenvalue weighted by Crippen LogP contribution is -1.91. The van der Waals surface area contributed by atoms with Gasteiger partial charge in [-0.25, -0.2) is 0 Å². The summed E-state index contributed by atoms with van der Waals surface area (Å²) >= 11 is 0. The molecule has 0 heterocycles. The predicted molar refractivity (Wildman–Crippen MR) is 32.8 cm³/mol. The summed E-state index contributed by atoms with van der Waals surface area (Å²) in [7, 11) is 1.89. The molecule has 7 heavy (non-hydrogen) atoms. The Bertz CT molecular complexity index is 55.2. The van der Waals surface area contributed by atoms with E-state index in [4.69, 9.17) is 0 Å². The van der Waals surface area contributed by atoms with Crippen molar-refractivity contribution >= 4 is 0 Å². The molecule has 0 fully saturated rings. The molecule has 0 saturated heterocycles. The Morgan fingerprint density at radius 3 is 2.14 bits per heavy atom. The Morgan fingerprint density at radius 1 is 1.43 bits per heavy atom. The highest BCUT2D eigenvalue weighted by molar-refractivity contribution is 5.01. The van der Waals surface area contributed by atoms with Gasteiger partial charge < -0.3 is 5.32 Å². The maximum atomic E-state index is 2.90. The summed E-state index contributed by atoms with van der Waals surface area (Å²) in [6, 6.07) is 0. The van der Waals surface area contributed by atoms with Gasteiger partial charge in [0.05, 0.1) is 0 Å². The molecule has 1 nitrogen and oxygen atoms in total. The monoisotopic (exact) mass is 98.1 g/mol. The second-order valence-electron chi connectivity index (χ2n) is 1.70. The fraction of sp³-hybridized carbons (Fsp3) is 0.500. The lowest BCUT2D eigenvalue weighted by Gasteiger charge is -1.89. The zero-order valence-corrected chi connectivity index (χ0v) is 5.15. The summed E-state index contributed by atoms with van der Waals surface area (Å²) < 4.78 is 0. The van der Waals surface area contributed by atoms with Crippen LogP contribution in [0, 0.1) is 5.92 Å². The molecule has 0 aliphatic heterocycles. The van der Waals surface area contributed by atoms with Crippen LogP contribution < -0.4 is 5.32 Å². The van der Waals surface area contributed by atoms with Crippen LogP contribution in [0.2, 0.25) is 0 Å². The molecular formula is C6H12N. The van der Waals surface area contributed by atoms with Gasteiger partial charge in [-0.2, -0.15) is 0 Å². The second kappa shape index (κ2) is 3.72. The van der Waals surface area contributed by atoms with E-state index in [0.717, 1.165) is 0 Å². The fourth-order valence-corrected chi connectivity index (χ4v) is 0.250. The van der Waals surface area contributed by atoms with E-state index in [1.807, 2.05) is 19.3 Å². The maximum Gasteiger partial charge on any atom is 0.00276 e. The van der Waals surface area contributed by atoms with Crippen molar-refractivity contribution in [3.63, 3.8) is 0 Å². The first-order valence-corrected chi connectivity index (χ1v) is 2.41. The molecule has 1 radical (unpaired) electrons. The lowest BCUT2D eigenvalue weighted by atomic mass is 10.2. The molecule has 0 aromatic rings. The average molecular weight is 98.2 g/mol. The summed E-state index contributed by atoms with van der Waals surface area (Å²) in [6.45, 7) is 4.13. The van der Waals surface area contributed by atoms with Crippen LogP contribution in [0.25, 0.3) is 0 Å². The van der Waals surface area contributed by atoms with E-state index in [1.54, 1.807) is 0 Å². The summed E-state index contributed by atoms with van der Waals surface area (Å²) in [5.74, 6) is 1.31. The van der Waals surface area contributed by atoms with Gasteiger partial charge in [-0.3, -0.25) is 0 Å². The molecule has 0 amide bonds. The smallest absolute Gasteiger partial charge is 0.00276 e. The Morgan fingerprint density at radius 2 is 2.00 bits per heavy atom. The van der Waals surface area contributed by atoms with Crippen LogP contribution in [0.1, 0.15) is 13.8 Å². The Labute approximate surface area is 45.4 Å². The summed E-state index contributed by atoms with van der Waals surface area (Å²) in [5.41, 5.74) is 0. The summed E-state index contributed by atoms with van der Waals surface area (Å²) in [5, 5.41) is 2.90. The van der Waals surface area contributed by atoms with Gasteiger partial charge in [0.2, 0.25) is 0 Å². The van der Waals surface area contributed by atoms with E-state index in [0.29, 0.717) is 0 Å². The minimum absolute atomic E-state index is 1.31. The van der Waals surface area contributed by atoms with E-state index >= 15 is 0 Å². The van der Waals surface area contributed by atoms with Gasteiger partial charge in [0.1, 0.15) is 0 Å². The van der Waals surface area contributed by atoms with Gasteiger partial charge in [-0.15, -0.1) is 0 Å². The van der Waals surface area contributed by atoms with E-state index in [9.17, 15) is 0 Å². The van der Waals surface area contributed by atoms with Crippen molar-refractivity contribution in [2.24, 2.45) is 0 Å². The molecule has 1 N–H and O–H groups in total. The zero-order valence-electron chi connectivity index (χ0n) is 5.15. The highest BCUT2D eigenvalue weighted by Gasteiger charge is 1.79. The Balaban J connectivity index is 3.08. The fourth-order valence-electron chi connectivity index (χ4n) is 0.250. The summed E-state index contributed by atoms with van der Waals surface area (Å²) in [6.07, 6.45) is 3.94. The highest BCUT2D eigenvalue weighted by Crippen LogP contribution is 1.93.